The minimum atomic E-state index is 0.435. The molecule has 1 unspecified atom stereocenters. The second-order valence-corrected chi connectivity index (χ2v) is 6.46. The highest BCUT2D eigenvalue weighted by Gasteiger charge is 2.17. The quantitative estimate of drug-likeness (QED) is 0.797. The van der Waals surface area contributed by atoms with E-state index in [2.05, 4.69) is 55.4 Å². The Bertz CT molecular complexity index is 413. The van der Waals surface area contributed by atoms with Crippen LogP contribution >= 0.6 is 0 Å². The summed E-state index contributed by atoms with van der Waals surface area (Å²) in [7, 11) is 2.20. The lowest BCUT2D eigenvalue weighted by molar-refractivity contribution is 0.0792. The molecule has 1 N–H and O–H groups in total. The van der Waals surface area contributed by atoms with Gasteiger partial charge in [0.05, 0.1) is 6.10 Å². The first-order chi connectivity index (χ1) is 10.1. The first kappa shape index (κ1) is 16.5. The highest BCUT2D eigenvalue weighted by Crippen LogP contribution is 2.16. The zero-order valence-corrected chi connectivity index (χ0v) is 13.8. The first-order valence-corrected chi connectivity index (χ1v) is 8.25. The van der Waals surface area contributed by atoms with Crippen LogP contribution in [-0.2, 0) is 17.7 Å². The van der Waals surface area contributed by atoms with Crippen molar-refractivity contribution in [1.29, 1.82) is 0 Å². The Morgan fingerprint density at radius 2 is 2.05 bits per heavy atom. The molecule has 1 aliphatic heterocycles. The Morgan fingerprint density at radius 3 is 2.71 bits per heavy atom. The van der Waals surface area contributed by atoms with Crippen LogP contribution in [0.1, 0.15) is 37.8 Å². The molecule has 0 aromatic heterocycles. The summed E-state index contributed by atoms with van der Waals surface area (Å²) >= 11 is 0. The van der Waals surface area contributed by atoms with Crippen LogP contribution in [0.25, 0.3) is 0 Å². The van der Waals surface area contributed by atoms with Gasteiger partial charge in [-0.05, 0) is 44.0 Å². The van der Waals surface area contributed by atoms with Crippen molar-refractivity contribution in [3.63, 3.8) is 0 Å². The first-order valence-electron chi connectivity index (χ1n) is 8.25. The van der Waals surface area contributed by atoms with Gasteiger partial charge in [-0.1, -0.05) is 38.1 Å². The molecule has 1 aliphatic rings. The van der Waals surface area contributed by atoms with Crippen molar-refractivity contribution in [1.82, 2.24) is 10.2 Å². The summed E-state index contributed by atoms with van der Waals surface area (Å²) in [6, 6.07) is 9.37. The van der Waals surface area contributed by atoms with Gasteiger partial charge in [-0.2, -0.15) is 0 Å². The minimum absolute atomic E-state index is 0.435. The molecule has 1 saturated heterocycles. The van der Waals surface area contributed by atoms with Crippen LogP contribution in [-0.4, -0.2) is 43.8 Å². The molecule has 3 nitrogen and oxygen atoms in total. The lowest BCUT2D eigenvalue weighted by atomic mass is 10.0. The Labute approximate surface area is 129 Å². The van der Waals surface area contributed by atoms with E-state index in [1.165, 1.54) is 24.0 Å². The van der Waals surface area contributed by atoms with Crippen LogP contribution in [0.4, 0.5) is 0 Å². The summed E-state index contributed by atoms with van der Waals surface area (Å²) in [5.41, 5.74) is 2.91. The molecule has 0 spiro atoms. The van der Waals surface area contributed by atoms with Crippen molar-refractivity contribution < 1.29 is 4.74 Å². The third-order valence-corrected chi connectivity index (χ3v) is 4.04. The molecule has 0 saturated carbocycles. The number of nitrogens with zero attached hydrogens (tertiary/aromatic N) is 1. The molecule has 0 amide bonds. The molecule has 118 valence electrons. The van der Waals surface area contributed by atoms with Gasteiger partial charge in [0.2, 0.25) is 0 Å². The Balaban J connectivity index is 1.86. The van der Waals surface area contributed by atoms with E-state index in [4.69, 9.17) is 4.74 Å². The van der Waals surface area contributed by atoms with E-state index in [-0.39, 0.29) is 0 Å². The second kappa shape index (κ2) is 8.52. The Morgan fingerprint density at radius 1 is 1.29 bits per heavy atom. The van der Waals surface area contributed by atoms with Gasteiger partial charge in [-0.3, -0.25) is 4.90 Å². The lowest BCUT2D eigenvalue weighted by Gasteiger charge is -2.22. The van der Waals surface area contributed by atoms with E-state index >= 15 is 0 Å². The smallest absolute Gasteiger partial charge is 0.0702 e. The number of ether oxygens (including phenoxy) is 1. The molecular formula is C18H30N2O. The number of nitrogens with one attached hydrogen (secondary N) is 1. The maximum Gasteiger partial charge on any atom is 0.0702 e. The molecule has 0 bridgehead atoms. The predicted octanol–water partition coefficient (Wildman–Crippen LogP) is 2.84. The van der Waals surface area contributed by atoms with E-state index in [0.717, 1.165) is 32.7 Å². The fraction of sp³-hybridized carbons (Fsp3) is 0.667. The number of benzene rings is 1. The highest BCUT2D eigenvalue weighted by atomic mass is 16.5. The van der Waals surface area contributed by atoms with Crippen LogP contribution < -0.4 is 5.32 Å². The molecule has 1 atom stereocenters. The normalized spacial score (nSPS) is 18.8. The summed E-state index contributed by atoms with van der Waals surface area (Å²) in [6.07, 6.45) is 3.97. The zero-order valence-electron chi connectivity index (χ0n) is 13.8. The number of hydrogen-bond donors (Lipinski definition) is 1. The molecule has 1 fully saturated rings. The second-order valence-electron chi connectivity index (χ2n) is 6.46. The number of hydrogen-bond acceptors (Lipinski definition) is 3. The predicted molar refractivity (Wildman–Crippen MR) is 88.6 cm³/mol. The molecular weight excluding hydrogens is 260 g/mol. The summed E-state index contributed by atoms with van der Waals surface area (Å²) in [5, 5.41) is 3.50. The summed E-state index contributed by atoms with van der Waals surface area (Å²) in [6.45, 7) is 8.43. The maximum atomic E-state index is 5.73. The van der Waals surface area contributed by atoms with E-state index in [0.29, 0.717) is 12.1 Å². The number of likely N-dealkylation sites (N-methyl/N-ethyl adjacent to an activating group) is 1. The van der Waals surface area contributed by atoms with Gasteiger partial charge in [0, 0.05) is 25.7 Å². The van der Waals surface area contributed by atoms with Gasteiger partial charge < -0.3 is 10.1 Å². The summed E-state index contributed by atoms with van der Waals surface area (Å²) in [4.78, 5) is 2.39. The lowest BCUT2D eigenvalue weighted by Crippen LogP contribution is -2.29. The van der Waals surface area contributed by atoms with Crippen LogP contribution in [0, 0.1) is 0 Å². The van der Waals surface area contributed by atoms with Crippen LogP contribution in [0.5, 0.6) is 0 Å². The largest absolute Gasteiger partial charge is 0.377 e. The molecule has 2 rings (SSSR count). The molecule has 1 aromatic carbocycles. The Kier molecular flexibility index (Phi) is 6.68. The standard InChI is InChI=1S/C18H30N2O/c1-15(2)19-11-10-16-7-4-5-8-17(16)13-20(3)14-18-9-6-12-21-18/h4-5,7-8,15,18-19H,6,9-14H2,1-3H3. The highest BCUT2D eigenvalue weighted by molar-refractivity contribution is 5.27. The van der Waals surface area contributed by atoms with E-state index in [1.54, 1.807) is 0 Å². The SMILES string of the molecule is CC(C)NCCc1ccccc1CN(C)CC1CCCO1. The average Bonchev–Trinajstić information content (AvgIpc) is 2.93. The molecule has 0 aliphatic carbocycles. The van der Waals surface area contributed by atoms with Gasteiger partial charge in [-0.15, -0.1) is 0 Å². The Hall–Kier alpha value is -0.900. The molecule has 0 radical (unpaired) electrons. The number of rotatable bonds is 8. The molecule has 1 heterocycles. The molecule has 1 aromatic rings. The minimum Gasteiger partial charge on any atom is -0.377 e. The monoisotopic (exact) mass is 290 g/mol. The maximum absolute atomic E-state index is 5.73. The topological polar surface area (TPSA) is 24.5 Å². The van der Waals surface area contributed by atoms with E-state index < -0.39 is 0 Å². The van der Waals surface area contributed by atoms with Crippen molar-refractivity contribution in [3.8, 4) is 0 Å². The fourth-order valence-electron chi connectivity index (χ4n) is 2.94. The van der Waals surface area contributed by atoms with Gasteiger partial charge in [0.1, 0.15) is 0 Å². The van der Waals surface area contributed by atoms with Crippen molar-refractivity contribution in [3.05, 3.63) is 35.4 Å². The zero-order chi connectivity index (χ0) is 15.1. The van der Waals surface area contributed by atoms with Crippen molar-refractivity contribution in [2.75, 3.05) is 26.7 Å². The van der Waals surface area contributed by atoms with Gasteiger partial charge in [0.15, 0.2) is 0 Å². The molecule has 3 heteroatoms. The third-order valence-electron chi connectivity index (χ3n) is 4.04. The van der Waals surface area contributed by atoms with Crippen LogP contribution in [0.15, 0.2) is 24.3 Å². The van der Waals surface area contributed by atoms with Crippen molar-refractivity contribution in [2.45, 2.75) is 51.8 Å². The van der Waals surface area contributed by atoms with E-state index in [9.17, 15) is 0 Å². The van der Waals surface area contributed by atoms with E-state index in [1.807, 2.05) is 0 Å². The fourth-order valence-corrected chi connectivity index (χ4v) is 2.94. The van der Waals surface area contributed by atoms with Crippen LogP contribution in [0.3, 0.4) is 0 Å². The summed E-state index contributed by atoms with van der Waals surface area (Å²) in [5.74, 6) is 0. The average molecular weight is 290 g/mol. The molecule has 21 heavy (non-hydrogen) atoms. The van der Waals surface area contributed by atoms with Crippen molar-refractivity contribution >= 4 is 0 Å². The van der Waals surface area contributed by atoms with Crippen molar-refractivity contribution in [2.24, 2.45) is 0 Å². The van der Waals surface area contributed by atoms with Crippen LogP contribution in [0.2, 0.25) is 0 Å². The van der Waals surface area contributed by atoms with Gasteiger partial charge >= 0.3 is 0 Å². The third kappa shape index (κ3) is 5.77. The van der Waals surface area contributed by atoms with Gasteiger partial charge in [-0.25, -0.2) is 0 Å². The summed E-state index contributed by atoms with van der Waals surface area (Å²) < 4.78 is 5.73. The van der Waals surface area contributed by atoms with Gasteiger partial charge in [0.25, 0.3) is 0 Å².